The Bertz CT molecular complexity index is 1330. The number of anilines is 1. The van der Waals surface area contributed by atoms with E-state index in [-0.39, 0.29) is 5.91 Å². The van der Waals surface area contributed by atoms with E-state index >= 15 is 0 Å². The highest BCUT2D eigenvalue weighted by Crippen LogP contribution is 2.29. The smallest absolute Gasteiger partial charge is 0.255 e. The molecule has 0 fully saturated rings. The first-order chi connectivity index (χ1) is 16.0. The number of aromatic nitrogens is 2. The monoisotopic (exact) mass is 437 g/mol. The summed E-state index contributed by atoms with van der Waals surface area (Å²) in [6.07, 6.45) is 0. The Balaban J connectivity index is 1.54. The van der Waals surface area contributed by atoms with Gasteiger partial charge in [-0.2, -0.15) is 10.4 Å². The fourth-order valence-corrected chi connectivity index (χ4v) is 3.52. The van der Waals surface area contributed by atoms with Crippen LogP contribution in [0.15, 0.2) is 72.8 Å². The molecular weight excluding hydrogens is 414 g/mol. The Kier molecular flexibility index (Phi) is 6.09. The number of amides is 1. The van der Waals surface area contributed by atoms with Gasteiger partial charge in [0.15, 0.2) is 0 Å². The summed E-state index contributed by atoms with van der Waals surface area (Å²) in [5.74, 6) is 0.605. The molecule has 0 aliphatic heterocycles. The number of rotatable bonds is 6. The van der Waals surface area contributed by atoms with Gasteiger partial charge in [-0.3, -0.25) is 4.79 Å². The number of methoxy groups -OCH3 is 1. The molecule has 0 bridgehead atoms. The first-order valence-corrected chi connectivity index (χ1v) is 10.4. The third kappa shape index (κ3) is 4.41. The Morgan fingerprint density at radius 3 is 2.45 bits per heavy atom. The van der Waals surface area contributed by atoms with Crippen molar-refractivity contribution in [1.29, 1.82) is 5.26 Å². The molecule has 7 heteroatoms. The van der Waals surface area contributed by atoms with Crippen molar-refractivity contribution in [1.82, 2.24) is 15.1 Å². The number of ether oxygens (including phenoxy) is 1. The number of nitrogens with one attached hydrogen (secondary N) is 1. The fraction of sp³-hybridized carbons (Fsp3) is 0.115. The van der Waals surface area contributed by atoms with Crippen LogP contribution < -0.4 is 15.8 Å². The lowest BCUT2D eigenvalue weighted by atomic mass is 10.1. The van der Waals surface area contributed by atoms with E-state index in [1.165, 1.54) is 7.11 Å². The van der Waals surface area contributed by atoms with E-state index < -0.39 is 0 Å². The van der Waals surface area contributed by atoms with Crippen LogP contribution in [0.3, 0.4) is 0 Å². The van der Waals surface area contributed by atoms with Crippen molar-refractivity contribution in [2.75, 3.05) is 12.8 Å². The summed E-state index contributed by atoms with van der Waals surface area (Å²) in [6, 6.07) is 24.5. The molecule has 0 aliphatic carbocycles. The summed E-state index contributed by atoms with van der Waals surface area (Å²) in [7, 11) is 1.53. The van der Waals surface area contributed by atoms with Gasteiger partial charge in [0.1, 0.15) is 28.9 Å². The minimum atomic E-state index is -0.215. The van der Waals surface area contributed by atoms with E-state index in [0.29, 0.717) is 34.9 Å². The van der Waals surface area contributed by atoms with Gasteiger partial charge in [-0.15, -0.1) is 0 Å². The zero-order chi connectivity index (χ0) is 23.4. The van der Waals surface area contributed by atoms with Crippen molar-refractivity contribution in [3.8, 4) is 28.8 Å². The summed E-state index contributed by atoms with van der Waals surface area (Å²) in [5, 5.41) is 17.2. The summed E-state index contributed by atoms with van der Waals surface area (Å²) in [5.41, 5.74) is 11.1. The lowest BCUT2D eigenvalue weighted by Crippen LogP contribution is -2.23. The molecule has 0 radical (unpaired) electrons. The van der Waals surface area contributed by atoms with Crippen LogP contribution in [0.4, 0.5) is 5.82 Å². The highest BCUT2D eigenvalue weighted by molar-refractivity contribution is 5.96. The molecule has 0 saturated heterocycles. The van der Waals surface area contributed by atoms with Gasteiger partial charge in [0.2, 0.25) is 0 Å². The largest absolute Gasteiger partial charge is 0.496 e. The SMILES string of the molecule is COc1ccccc1C(=O)NCc1ccc(-c2nn(-c3ccc(C)cc3)c(N)c2C#N)cc1. The van der Waals surface area contributed by atoms with Crippen molar-refractivity contribution < 1.29 is 9.53 Å². The lowest BCUT2D eigenvalue weighted by molar-refractivity contribution is 0.0948. The summed E-state index contributed by atoms with van der Waals surface area (Å²) >= 11 is 0. The van der Waals surface area contributed by atoms with Gasteiger partial charge in [-0.25, -0.2) is 4.68 Å². The molecule has 0 aliphatic rings. The van der Waals surface area contributed by atoms with Gasteiger partial charge in [0.05, 0.1) is 18.4 Å². The Morgan fingerprint density at radius 1 is 1.09 bits per heavy atom. The number of nitrogens with two attached hydrogens (primary N) is 1. The van der Waals surface area contributed by atoms with Crippen molar-refractivity contribution in [2.24, 2.45) is 0 Å². The number of hydrogen-bond acceptors (Lipinski definition) is 5. The first kappa shape index (κ1) is 21.7. The fourth-order valence-electron chi connectivity index (χ4n) is 3.52. The highest BCUT2D eigenvalue weighted by atomic mass is 16.5. The minimum absolute atomic E-state index is 0.215. The van der Waals surface area contributed by atoms with Crippen molar-refractivity contribution in [2.45, 2.75) is 13.5 Å². The second-order valence-electron chi connectivity index (χ2n) is 7.55. The Morgan fingerprint density at radius 2 is 1.79 bits per heavy atom. The number of carbonyl (C=O) groups is 1. The maximum atomic E-state index is 12.5. The first-order valence-electron chi connectivity index (χ1n) is 10.4. The molecular formula is C26H23N5O2. The number of nitrogens with zero attached hydrogens (tertiary/aromatic N) is 3. The molecule has 0 atom stereocenters. The van der Waals surface area contributed by atoms with Crippen LogP contribution in [-0.4, -0.2) is 22.8 Å². The van der Waals surface area contributed by atoms with E-state index in [1.54, 1.807) is 22.9 Å². The van der Waals surface area contributed by atoms with E-state index in [0.717, 1.165) is 22.4 Å². The third-order valence-corrected chi connectivity index (χ3v) is 5.34. The summed E-state index contributed by atoms with van der Waals surface area (Å²) in [4.78, 5) is 12.5. The van der Waals surface area contributed by atoms with Gasteiger partial charge in [-0.1, -0.05) is 54.1 Å². The number of aryl methyl sites for hydroxylation is 1. The van der Waals surface area contributed by atoms with Crippen LogP contribution >= 0.6 is 0 Å². The van der Waals surface area contributed by atoms with Gasteiger partial charge in [0.25, 0.3) is 5.91 Å². The van der Waals surface area contributed by atoms with Gasteiger partial charge in [0, 0.05) is 12.1 Å². The molecule has 0 unspecified atom stereocenters. The lowest BCUT2D eigenvalue weighted by Gasteiger charge is -2.09. The van der Waals surface area contributed by atoms with Crippen LogP contribution in [0.25, 0.3) is 16.9 Å². The molecule has 1 aromatic heterocycles. The predicted octanol–water partition coefficient (Wildman–Crippen LogP) is 4.24. The van der Waals surface area contributed by atoms with Crippen molar-refractivity contribution in [3.05, 3.63) is 95.1 Å². The summed E-state index contributed by atoms with van der Waals surface area (Å²) < 4.78 is 6.83. The van der Waals surface area contributed by atoms with Crippen molar-refractivity contribution in [3.63, 3.8) is 0 Å². The van der Waals surface area contributed by atoms with Crippen LogP contribution in [0.1, 0.15) is 27.0 Å². The van der Waals surface area contributed by atoms with E-state index in [1.807, 2.05) is 61.5 Å². The molecule has 1 amide bonds. The van der Waals surface area contributed by atoms with Gasteiger partial charge >= 0.3 is 0 Å². The molecule has 3 N–H and O–H groups in total. The molecule has 3 aromatic carbocycles. The second-order valence-corrected chi connectivity index (χ2v) is 7.55. The average Bonchev–Trinajstić information content (AvgIpc) is 3.19. The number of carbonyl (C=O) groups excluding carboxylic acids is 1. The number of para-hydroxylation sites is 1. The average molecular weight is 438 g/mol. The normalized spacial score (nSPS) is 10.5. The third-order valence-electron chi connectivity index (χ3n) is 5.34. The Hall–Kier alpha value is -4.57. The molecule has 0 saturated carbocycles. The quantitative estimate of drug-likeness (QED) is 0.469. The van der Waals surface area contributed by atoms with Crippen LogP contribution in [-0.2, 0) is 6.54 Å². The molecule has 7 nitrogen and oxygen atoms in total. The van der Waals surface area contributed by atoms with Crippen LogP contribution in [0, 0.1) is 18.3 Å². The highest BCUT2D eigenvalue weighted by Gasteiger charge is 2.18. The van der Waals surface area contributed by atoms with Gasteiger partial charge in [-0.05, 0) is 36.8 Å². The minimum Gasteiger partial charge on any atom is -0.496 e. The number of nitrogen functional groups attached to an aromatic ring is 1. The summed E-state index contributed by atoms with van der Waals surface area (Å²) in [6.45, 7) is 2.35. The molecule has 4 rings (SSSR count). The topological polar surface area (TPSA) is 106 Å². The maximum absolute atomic E-state index is 12.5. The molecule has 33 heavy (non-hydrogen) atoms. The predicted molar refractivity (Wildman–Crippen MR) is 127 cm³/mol. The zero-order valence-corrected chi connectivity index (χ0v) is 18.4. The Labute approximate surface area is 192 Å². The van der Waals surface area contributed by atoms with E-state index in [9.17, 15) is 10.1 Å². The van der Waals surface area contributed by atoms with Crippen molar-refractivity contribution >= 4 is 11.7 Å². The molecule has 1 heterocycles. The zero-order valence-electron chi connectivity index (χ0n) is 18.4. The molecule has 164 valence electrons. The second kappa shape index (κ2) is 9.28. The van der Waals surface area contributed by atoms with E-state index in [2.05, 4.69) is 16.5 Å². The number of nitriles is 1. The number of benzene rings is 3. The van der Waals surface area contributed by atoms with E-state index in [4.69, 9.17) is 10.5 Å². The maximum Gasteiger partial charge on any atom is 0.255 e. The standard InChI is InChI=1S/C26H23N5O2/c1-17-7-13-20(14-8-17)31-25(28)22(15-27)24(30-31)19-11-9-18(10-12-19)16-29-26(32)21-5-3-4-6-23(21)33-2/h3-14H,16,28H2,1-2H3,(H,29,32). The molecule has 0 spiro atoms. The van der Waals surface area contributed by atoms with Crippen LogP contribution in [0.2, 0.25) is 0 Å². The van der Waals surface area contributed by atoms with Gasteiger partial charge < -0.3 is 15.8 Å². The molecule has 4 aromatic rings. The van der Waals surface area contributed by atoms with Crippen LogP contribution in [0.5, 0.6) is 5.75 Å². The number of hydrogen-bond donors (Lipinski definition) is 2.